The highest BCUT2D eigenvalue weighted by Gasteiger charge is 2.20. The van der Waals surface area contributed by atoms with E-state index in [1.54, 1.807) is 13.3 Å². The summed E-state index contributed by atoms with van der Waals surface area (Å²) >= 11 is 6.28. The predicted molar refractivity (Wildman–Crippen MR) is 106 cm³/mol. The summed E-state index contributed by atoms with van der Waals surface area (Å²) in [6.45, 7) is 4.74. The number of hydrogen-bond donors (Lipinski definition) is 2. The Morgan fingerprint density at radius 3 is 2.69 bits per heavy atom. The van der Waals surface area contributed by atoms with Gasteiger partial charge < -0.3 is 15.1 Å². The van der Waals surface area contributed by atoms with Crippen molar-refractivity contribution in [3.63, 3.8) is 0 Å². The Labute approximate surface area is 160 Å². The summed E-state index contributed by atoms with van der Waals surface area (Å²) in [5, 5.41) is 7.58. The Hall–Kier alpha value is -1.98. The molecule has 0 aliphatic carbocycles. The molecule has 0 spiro atoms. The van der Waals surface area contributed by atoms with Gasteiger partial charge >= 0.3 is 0 Å². The molecule has 2 aromatic rings. The highest BCUT2D eigenvalue weighted by atomic mass is 35.5. The number of halogens is 1. The van der Waals surface area contributed by atoms with Gasteiger partial charge in [-0.25, -0.2) is 0 Å². The summed E-state index contributed by atoms with van der Waals surface area (Å²) in [6, 6.07) is 12.0. The van der Waals surface area contributed by atoms with Crippen LogP contribution < -0.4 is 10.6 Å². The Morgan fingerprint density at radius 2 is 2.00 bits per heavy atom. The molecule has 26 heavy (non-hydrogen) atoms. The topological polar surface area (TPSA) is 52.8 Å². The number of nitrogens with zero attached hydrogens (tertiary/aromatic N) is 2. The molecule has 140 valence electrons. The number of hydrogen-bond acceptors (Lipinski definition) is 3. The predicted octanol–water partition coefficient (Wildman–Crippen LogP) is 3.51. The monoisotopic (exact) mass is 374 g/mol. The molecule has 0 unspecified atom stereocenters. The van der Waals surface area contributed by atoms with Crippen molar-refractivity contribution in [1.29, 1.82) is 0 Å². The lowest BCUT2D eigenvalue weighted by Crippen LogP contribution is -2.42. The lowest BCUT2D eigenvalue weighted by molar-refractivity contribution is 0.178. The van der Waals surface area contributed by atoms with Gasteiger partial charge in [-0.2, -0.15) is 0 Å². The molecule has 1 aliphatic rings. The molecule has 5 nitrogen and oxygen atoms in total. The third-order valence-corrected chi connectivity index (χ3v) is 5.22. The molecule has 1 aromatic carbocycles. The van der Waals surface area contributed by atoms with E-state index in [1.165, 1.54) is 18.4 Å². The lowest BCUT2D eigenvalue weighted by Gasteiger charge is -2.32. The Bertz CT molecular complexity index is 694. The smallest absolute Gasteiger partial charge is 0.191 e. The van der Waals surface area contributed by atoms with E-state index in [0.29, 0.717) is 12.5 Å². The fourth-order valence-corrected chi connectivity index (χ4v) is 3.46. The molecule has 2 heterocycles. The highest BCUT2D eigenvalue weighted by molar-refractivity contribution is 6.31. The first-order valence-corrected chi connectivity index (χ1v) is 9.55. The molecule has 0 bridgehead atoms. The van der Waals surface area contributed by atoms with Crippen LogP contribution in [0.2, 0.25) is 5.02 Å². The minimum atomic E-state index is 0.642. The number of nitrogens with one attached hydrogen (secondary N) is 2. The van der Waals surface area contributed by atoms with Crippen LogP contribution in [-0.4, -0.2) is 37.5 Å². The van der Waals surface area contributed by atoms with Crippen molar-refractivity contribution < 1.29 is 4.42 Å². The average Bonchev–Trinajstić information content (AvgIpc) is 3.18. The maximum absolute atomic E-state index is 6.28. The van der Waals surface area contributed by atoms with Crippen LogP contribution in [0.3, 0.4) is 0 Å². The van der Waals surface area contributed by atoms with Crippen LogP contribution in [0.25, 0.3) is 0 Å². The van der Waals surface area contributed by atoms with Crippen LogP contribution in [0.15, 0.2) is 52.1 Å². The maximum Gasteiger partial charge on any atom is 0.191 e. The number of rotatable bonds is 6. The zero-order valence-electron chi connectivity index (χ0n) is 15.2. The largest absolute Gasteiger partial charge is 0.467 e. The quantitative estimate of drug-likeness (QED) is 0.600. The number of guanidine groups is 1. The van der Waals surface area contributed by atoms with Gasteiger partial charge in [-0.1, -0.05) is 29.8 Å². The molecule has 1 fully saturated rings. The van der Waals surface area contributed by atoms with Gasteiger partial charge in [0.2, 0.25) is 0 Å². The van der Waals surface area contributed by atoms with Crippen LogP contribution in [0.1, 0.15) is 24.2 Å². The first-order chi connectivity index (χ1) is 12.7. The molecule has 0 atom stereocenters. The van der Waals surface area contributed by atoms with Gasteiger partial charge in [-0.05, 0) is 55.6 Å². The van der Waals surface area contributed by atoms with Gasteiger partial charge in [0.05, 0.1) is 12.8 Å². The fraction of sp³-hybridized carbons (Fsp3) is 0.450. The van der Waals surface area contributed by atoms with E-state index in [-0.39, 0.29) is 0 Å². The molecule has 0 radical (unpaired) electrons. The SMILES string of the molecule is CN=C(NCc1ccco1)NCC1CCN(Cc2ccccc2Cl)CC1. The number of benzene rings is 1. The average molecular weight is 375 g/mol. The summed E-state index contributed by atoms with van der Waals surface area (Å²) in [4.78, 5) is 6.77. The summed E-state index contributed by atoms with van der Waals surface area (Å²) in [5.41, 5.74) is 1.22. The number of furan rings is 1. The van der Waals surface area contributed by atoms with Crippen molar-refractivity contribution in [2.45, 2.75) is 25.9 Å². The van der Waals surface area contributed by atoms with Gasteiger partial charge in [0.15, 0.2) is 5.96 Å². The molecular weight excluding hydrogens is 348 g/mol. The van der Waals surface area contributed by atoms with Crippen LogP contribution in [0, 0.1) is 5.92 Å². The Balaban J connectivity index is 1.37. The van der Waals surface area contributed by atoms with Crippen molar-refractivity contribution in [3.8, 4) is 0 Å². The lowest BCUT2D eigenvalue weighted by atomic mass is 9.96. The number of aliphatic imine (C=N–C) groups is 1. The van der Waals surface area contributed by atoms with Crippen LogP contribution in [0.5, 0.6) is 0 Å². The van der Waals surface area contributed by atoms with E-state index in [9.17, 15) is 0 Å². The molecule has 2 N–H and O–H groups in total. The van der Waals surface area contributed by atoms with E-state index < -0.39 is 0 Å². The van der Waals surface area contributed by atoms with Crippen molar-refractivity contribution in [2.24, 2.45) is 10.9 Å². The van der Waals surface area contributed by atoms with Gasteiger partial charge in [0.25, 0.3) is 0 Å². The molecular formula is C20H27ClN4O. The van der Waals surface area contributed by atoms with Crippen LogP contribution in [0.4, 0.5) is 0 Å². The molecule has 0 amide bonds. The van der Waals surface area contributed by atoms with E-state index in [4.69, 9.17) is 16.0 Å². The summed E-state index contributed by atoms with van der Waals surface area (Å²) in [5.74, 6) is 2.39. The fourth-order valence-electron chi connectivity index (χ4n) is 3.26. The normalized spacial score (nSPS) is 16.6. The van der Waals surface area contributed by atoms with E-state index in [1.807, 2.05) is 24.3 Å². The third kappa shape index (κ3) is 5.51. The van der Waals surface area contributed by atoms with Crippen molar-refractivity contribution in [1.82, 2.24) is 15.5 Å². The first-order valence-electron chi connectivity index (χ1n) is 9.17. The molecule has 1 saturated heterocycles. The van der Waals surface area contributed by atoms with Crippen molar-refractivity contribution >= 4 is 17.6 Å². The van der Waals surface area contributed by atoms with Gasteiger partial charge in [-0.15, -0.1) is 0 Å². The molecule has 1 aliphatic heterocycles. The molecule has 1 aromatic heterocycles. The highest BCUT2D eigenvalue weighted by Crippen LogP contribution is 2.21. The van der Waals surface area contributed by atoms with Gasteiger partial charge in [-0.3, -0.25) is 9.89 Å². The summed E-state index contributed by atoms with van der Waals surface area (Å²) in [6.07, 6.45) is 4.06. The second kappa shape index (κ2) is 9.64. The third-order valence-electron chi connectivity index (χ3n) is 4.85. The van der Waals surface area contributed by atoms with E-state index >= 15 is 0 Å². The maximum atomic E-state index is 6.28. The number of piperidine rings is 1. The Kier molecular flexibility index (Phi) is 6.97. The summed E-state index contributed by atoms with van der Waals surface area (Å²) < 4.78 is 5.33. The number of likely N-dealkylation sites (tertiary alicyclic amines) is 1. The van der Waals surface area contributed by atoms with E-state index in [2.05, 4.69) is 32.7 Å². The minimum Gasteiger partial charge on any atom is -0.467 e. The standard InChI is InChI=1S/C20H27ClN4O/c1-22-20(24-14-18-6-4-12-26-18)23-13-16-8-10-25(11-9-16)15-17-5-2-3-7-19(17)21/h2-7,12,16H,8-11,13-15H2,1H3,(H2,22,23,24). The minimum absolute atomic E-state index is 0.642. The first kappa shape index (κ1) is 18.8. The van der Waals surface area contributed by atoms with E-state index in [0.717, 1.165) is 42.9 Å². The van der Waals surface area contributed by atoms with Crippen LogP contribution in [-0.2, 0) is 13.1 Å². The zero-order valence-corrected chi connectivity index (χ0v) is 16.0. The second-order valence-corrected chi connectivity index (χ2v) is 7.10. The molecule has 3 rings (SSSR count). The van der Waals surface area contributed by atoms with Gasteiger partial charge in [0, 0.05) is 25.2 Å². The molecule has 6 heteroatoms. The Morgan fingerprint density at radius 1 is 1.19 bits per heavy atom. The van der Waals surface area contributed by atoms with Gasteiger partial charge in [0.1, 0.15) is 5.76 Å². The van der Waals surface area contributed by atoms with Crippen LogP contribution >= 0.6 is 11.6 Å². The zero-order chi connectivity index (χ0) is 18.2. The molecule has 0 saturated carbocycles. The van der Waals surface area contributed by atoms with Crippen molar-refractivity contribution in [3.05, 3.63) is 59.0 Å². The second-order valence-electron chi connectivity index (χ2n) is 6.70. The van der Waals surface area contributed by atoms with Crippen molar-refractivity contribution in [2.75, 3.05) is 26.7 Å². The summed E-state index contributed by atoms with van der Waals surface area (Å²) in [7, 11) is 1.80.